The van der Waals surface area contributed by atoms with Crippen molar-refractivity contribution in [2.45, 2.75) is 30.8 Å². The molecule has 1 aliphatic heterocycles. The molecular weight excluding hydrogens is 380 g/mol. The van der Waals surface area contributed by atoms with Gasteiger partial charge in [0.05, 0.1) is 0 Å². The predicted molar refractivity (Wildman–Crippen MR) is 117 cm³/mol. The minimum atomic E-state index is 0.0967. The Morgan fingerprint density at radius 2 is 1.86 bits per heavy atom. The van der Waals surface area contributed by atoms with Crippen molar-refractivity contribution in [3.05, 3.63) is 66.0 Å². The standard InChI is InChI=1S/C23H26N4OS/c1-3-29-23-25-24-21(26(23)2)18-12-9-15-27(16-18)22(28)20-14-8-7-13-19(20)17-10-5-4-6-11-17/h4-8,10-11,13-14,18H,3,9,12,15-16H2,1-2H3/t18-/m1/s1. The summed E-state index contributed by atoms with van der Waals surface area (Å²) in [6.07, 6.45) is 2.01. The van der Waals surface area contributed by atoms with E-state index in [-0.39, 0.29) is 11.8 Å². The largest absolute Gasteiger partial charge is 0.338 e. The summed E-state index contributed by atoms with van der Waals surface area (Å²) in [5.41, 5.74) is 2.82. The monoisotopic (exact) mass is 406 g/mol. The fourth-order valence-corrected chi connectivity index (χ4v) is 4.66. The van der Waals surface area contributed by atoms with Crippen molar-refractivity contribution >= 4 is 17.7 Å². The number of rotatable bonds is 5. The first-order chi connectivity index (χ1) is 14.2. The molecule has 1 amide bonds. The smallest absolute Gasteiger partial charge is 0.254 e. The van der Waals surface area contributed by atoms with Gasteiger partial charge in [-0.25, -0.2) is 0 Å². The highest BCUT2D eigenvalue weighted by Crippen LogP contribution is 2.30. The molecule has 29 heavy (non-hydrogen) atoms. The predicted octanol–water partition coefficient (Wildman–Crippen LogP) is 4.61. The van der Waals surface area contributed by atoms with E-state index in [4.69, 9.17) is 0 Å². The maximum absolute atomic E-state index is 13.4. The van der Waals surface area contributed by atoms with Crippen LogP contribution in [-0.4, -0.2) is 44.4 Å². The van der Waals surface area contributed by atoms with E-state index in [1.54, 1.807) is 11.8 Å². The fourth-order valence-electron chi connectivity index (χ4n) is 4.02. The minimum Gasteiger partial charge on any atom is -0.338 e. The summed E-state index contributed by atoms with van der Waals surface area (Å²) in [7, 11) is 2.03. The number of carbonyl (C=O) groups excluding carboxylic acids is 1. The van der Waals surface area contributed by atoms with Gasteiger partial charge in [0.2, 0.25) is 0 Å². The van der Waals surface area contributed by atoms with E-state index in [0.717, 1.165) is 52.8 Å². The number of piperidine rings is 1. The van der Waals surface area contributed by atoms with E-state index in [1.807, 2.05) is 54.4 Å². The second-order valence-corrected chi connectivity index (χ2v) is 8.57. The normalized spacial score (nSPS) is 16.8. The SMILES string of the molecule is CCSc1nnc([C@@H]2CCCN(C(=O)c3ccccc3-c3ccccc3)C2)n1C. The molecule has 0 aliphatic carbocycles. The third-order valence-corrected chi connectivity index (χ3v) is 6.36. The molecule has 6 heteroatoms. The van der Waals surface area contributed by atoms with Gasteiger partial charge in [0, 0.05) is 31.6 Å². The number of likely N-dealkylation sites (tertiary alicyclic amines) is 1. The second-order valence-electron chi connectivity index (χ2n) is 7.33. The Morgan fingerprint density at radius 1 is 1.10 bits per heavy atom. The molecule has 2 heterocycles. The van der Waals surface area contributed by atoms with Crippen LogP contribution in [0.15, 0.2) is 59.8 Å². The van der Waals surface area contributed by atoms with Crippen LogP contribution in [-0.2, 0) is 7.05 Å². The van der Waals surface area contributed by atoms with Gasteiger partial charge in [-0.3, -0.25) is 4.79 Å². The van der Waals surface area contributed by atoms with E-state index in [9.17, 15) is 4.79 Å². The van der Waals surface area contributed by atoms with Crippen molar-refractivity contribution in [3.8, 4) is 11.1 Å². The average molecular weight is 407 g/mol. The summed E-state index contributed by atoms with van der Waals surface area (Å²) in [6, 6.07) is 18.0. The van der Waals surface area contributed by atoms with Crippen LogP contribution in [0.5, 0.6) is 0 Å². The molecule has 1 fully saturated rings. The van der Waals surface area contributed by atoms with Gasteiger partial charge >= 0.3 is 0 Å². The quantitative estimate of drug-likeness (QED) is 0.581. The fraction of sp³-hybridized carbons (Fsp3) is 0.348. The van der Waals surface area contributed by atoms with Gasteiger partial charge in [-0.05, 0) is 35.8 Å². The van der Waals surface area contributed by atoms with Crippen LogP contribution in [0.2, 0.25) is 0 Å². The highest BCUT2D eigenvalue weighted by Gasteiger charge is 2.29. The Kier molecular flexibility index (Phi) is 6.00. The molecule has 0 bridgehead atoms. The molecule has 3 aromatic rings. The molecule has 1 aromatic heterocycles. The molecule has 0 unspecified atom stereocenters. The van der Waals surface area contributed by atoms with Crippen molar-refractivity contribution in [2.75, 3.05) is 18.8 Å². The van der Waals surface area contributed by atoms with Crippen LogP contribution in [0.1, 0.15) is 41.9 Å². The summed E-state index contributed by atoms with van der Waals surface area (Å²) >= 11 is 1.70. The number of aromatic nitrogens is 3. The summed E-state index contributed by atoms with van der Waals surface area (Å²) in [6.45, 7) is 3.59. The van der Waals surface area contributed by atoms with Gasteiger partial charge in [-0.1, -0.05) is 67.2 Å². The van der Waals surface area contributed by atoms with Crippen LogP contribution >= 0.6 is 11.8 Å². The minimum absolute atomic E-state index is 0.0967. The zero-order valence-electron chi connectivity index (χ0n) is 16.9. The van der Waals surface area contributed by atoms with Gasteiger partial charge in [0.1, 0.15) is 5.82 Å². The number of carbonyl (C=O) groups is 1. The van der Waals surface area contributed by atoms with Gasteiger partial charge in [-0.15, -0.1) is 10.2 Å². The summed E-state index contributed by atoms with van der Waals surface area (Å²) in [4.78, 5) is 15.4. The lowest BCUT2D eigenvalue weighted by atomic mass is 9.94. The van der Waals surface area contributed by atoms with Crippen molar-refractivity contribution < 1.29 is 4.79 Å². The number of nitrogens with zero attached hydrogens (tertiary/aromatic N) is 4. The molecule has 2 aromatic carbocycles. The van der Waals surface area contributed by atoms with E-state index in [1.165, 1.54) is 0 Å². The zero-order chi connectivity index (χ0) is 20.2. The number of amides is 1. The molecule has 1 aliphatic rings. The molecule has 1 atom stereocenters. The topological polar surface area (TPSA) is 51.0 Å². The van der Waals surface area contributed by atoms with E-state index < -0.39 is 0 Å². The van der Waals surface area contributed by atoms with Crippen molar-refractivity contribution in [1.82, 2.24) is 19.7 Å². The summed E-state index contributed by atoms with van der Waals surface area (Å²) < 4.78 is 2.09. The number of thioether (sulfide) groups is 1. The molecular formula is C23H26N4OS. The molecule has 0 radical (unpaired) electrons. The molecule has 1 saturated heterocycles. The lowest BCUT2D eigenvalue weighted by Crippen LogP contribution is -2.40. The first kappa shape index (κ1) is 19.7. The van der Waals surface area contributed by atoms with Crippen molar-refractivity contribution in [2.24, 2.45) is 7.05 Å². The third kappa shape index (κ3) is 4.08. The highest BCUT2D eigenvalue weighted by molar-refractivity contribution is 7.99. The Bertz CT molecular complexity index is 986. The maximum Gasteiger partial charge on any atom is 0.254 e. The lowest BCUT2D eigenvalue weighted by molar-refractivity contribution is 0.0704. The van der Waals surface area contributed by atoms with Gasteiger partial charge in [-0.2, -0.15) is 0 Å². The maximum atomic E-state index is 13.4. The van der Waals surface area contributed by atoms with Gasteiger partial charge in [0.25, 0.3) is 5.91 Å². The lowest BCUT2D eigenvalue weighted by Gasteiger charge is -2.32. The molecule has 4 rings (SSSR count). The first-order valence-electron chi connectivity index (χ1n) is 10.1. The highest BCUT2D eigenvalue weighted by atomic mass is 32.2. The summed E-state index contributed by atoms with van der Waals surface area (Å²) in [5, 5.41) is 9.72. The zero-order valence-corrected chi connectivity index (χ0v) is 17.7. The molecule has 0 saturated carbocycles. The average Bonchev–Trinajstić information content (AvgIpc) is 3.14. The van der Waals surface area contributed by atoms with Crippen molar-refractivity contribution in [1.29, 1.82) is 0 Å². The number of benzene rings is 2. The van der Waals surface area contributed by atoms with E-state index in [0.29, 0.717) is 6.54 Å². The van der Waals surface area contributed by atoms with Crippen LogP contribution < -0.4 is 0 Å². The Hall–Kier alpha value is -2.60. The van der Waals surface area contributed by atoms with Gasteiger partial charge < -0.3 is 9.47 Å². The van der Waals surface area contributed by atoms with E-state index >= 15 is 0 Å². The molecule has 0 spiro atoms. The Labute approximate surface area is 176 Å². The molecule has 5 nitrogen and oxygen atoms in total. The van der Waals surface area contributed by atoms with Crippen LogP contribution in [0.25, 0.3) is 11.1 Å². The molecule has 150 valence electrons. The van der Waals surface area contributed by atoms with E-state index in [2.05, 4.69) is 33.8 Å². The third-order valence-electron chi connectivity index (χ3n) is 5.46. The number of hydrogen-bond acceptors (Lipinski definition) is 4. The van der Waals surface area contributed by atoms with Crippen LogP contribution in [0.3, 0.4) is 0 Å². The van der Waals surface area contributed by atoms with Gasteiger partial charge in [0.15, 0.2) is 5.16 Å². The second kappa shape index (κ2) is 8.82. The molecule has 0 N–H and O–H groups in total. The summed E-state index contributed by atoms with van der Waals surface area (Å²) in [5.74, 6) is 2.27. The van der Waals surface area contributed by atoms with Crippen LogP contribution in [0.4, 0.5) is 0 Å². The first-order valence-corrected chi connectivity index (χ1v) is 11.1. The Balaban J connectivity index is 1.58. The van der Waals surface area contributed by atoms with Crippen molar-refractivity contribution in [3.63, 3.8) is 0 Å². The van der Waals surface area contributed by atoms with Crippen LogP contribution in [0, 0.1) is 0 Å². The number of hydrogen-bond donors (Lipinski definition) is 0. The Morgan fingerprint density at radius 3 is 2.66 bits per heavy atom.